The summed E-state index contributed by atoms with van der Waals surface area (Å²) in [5.74, 6) is -0.477. The standard InChI is InChI=1S/C24H15Cl2N2O2/c25-18-4-2-5-19(26)22(18)15-7-8-16-21(11-15)28(12-14-9-10-30-13-14)20-6-1-3-17(23(16)20)24(27)29/h1-7,9-11,13H,12H2,(H2,27,29). The second-order valence-corrected chi connectivity index (χ2v) is 7.84. The van der Waals surface area contributed by atoms with Crippen LogP contribution in [0.25, 0.3) is 32.9 Å². The first kappa shape index (κ1) is 18.8. The number of benzene rings is 3. The predicted molar refractivity (Wildman–Crippen MR) is 120 cm³/mol. The Kier molecular flexibility index (Phi) is 4.54. The molecular formula is C24H15Cl2N2O2. The van der Waals surface area contributed by atoms with Crippen molar-refractivity contribution >= 4 is 50.9 Å². The lowest BCUT2D eigenvalue weighted by Gasteiger charge is -2.09. The van der Waals surface area contributed by atoms with E-state index in [1.165, 1.54) is 0 Å². The van der Waals surface area contributed by atoms with Crippen LogP contribution >= 0.6 is 23.2 Å². The fourth-order valence-corrected chi connectivity index (χ4v) is 4.53. The smallest absolute Gasteiger partial charge is 0.249 e. The second-order valence-electron chi connectivity index (χ2n) is 7.03. The molecule has 2 N–H and O–H groups in total. The molecule has 0 aliphatic carbocycles. The molecular weight excluding hydrogens is 419 g/mol. The van der Waals surface area contributed by atoms with E-state index in [9.17, 15) is 4.79 Å². The fraction of sp³-hybridized carbons (Fsp3) is 0.0417. The van der Waals surface area contributed by atoms with Crippen molar-refractivity contribution < 1.29 is 9.21 Å². The summed E-state index contributed by atoms with van der Waals surface area (Å²) in [5, 5.41) is 2.71. The topological polar surface area (TPSA) is 61.2 Å². The zero-order valence-corrected chi connectivity index (χ0v) is 17.2. The molecule has 0 spiro atoms. The molecule has 147 valence electrons. The molecule has 0 saturated heterocycles. The van der Waals surface area contributed by atoms with Gasteiger partial charge in [-0.05, 0) is 54.1 Å². The number of hydrogen-bond acceptors (Lipinski definition) is 2. The first-order valence-corrected chi connectivity index (χ1v) is 10.0. The molecule has 0 saturated carbocycles. The van der Waals surface area contributed by atoms with E-state index < -0.39 is 5.91 Å². The molecule has 5 rings (SSSR count). The monoisotopic (exact) mass is 433 g/mol. The summed E-state index contributed by atoms with van der Waals surface area (Å²) in [6, 6.07) is 20.1. The van der Waals surface area contributed by atoms with Gasteiger partial charge in [-0.25, -0.2) is 0 Å². The van der Waals surface area contributed by atoms with Gasteiger partial charge in [0.1, 0.15) is 0 Å². The molecule has 1 radical (unpaired) electrons. The summed E-state index contributed by atoms with van der Waals surface area (Å²) >= 11 is 12.9. The third-order valence-electron chi connectivity index (χ3n) is 5.23. The van der Waals surface area contributed by atoms with Crippen LogP contribution in [0.3, 0.4) is 0 Å². The maximum atomic E-state index is 12.1. The van der Waals surface area contributed by atoms with E-state index in [2.05, 4.69) is 10.6 Å². The number of aromatic nitrogens is 1. The number of amides is 1. The van der Waals surface area contributed by atoms with Gasteiger partial charge in [0.15, 0.2) is 0 Å². The molecule has 1 amide bonds. The maximum absolute atomic E-state index is 12.1. The molecule has 2 heterocycles. The number of nitrogens with two attached hydrogens (primary N) is 1. The number of halogens is 2. The lowest BCUT2D eigenvalue weighted by atomic mass is 10.0. The van der Waals surface area contributed by atoms with Crippen LogP contribution in [-0.2, 0) is 6.54 Å². The average molecular weight is 434 g/mol. The summed E-state index contributed by atoms with van der Waals surface area (Å²) in [4.78, 5) is 12.1. The molecule has 2 aromatic heterocycles. The lowest BCUT2D eigenvalue weighted by Crippen LogP contribution is -2.11. The van der Waals surface area contributed by atoms with Crippen LogP contribution in [0.15, 0.2) is 71.5 Å². The van der Waals surface area contributed by atoms with Crippen molar-refractivity contribution in [3.63, 3.8) is 0 Å². The van der Waals surface area contributed by atoms with Crippen LogP contribution in [0, 0.1) is 6.07 Å². The van der Waals surface area contributed by atoms with Gasteiger partial charge in [0.2, 0.25) is 5.91 Å². The van der Waals surface area contributed by atoms with Crippen LogP contribution in [0.2, 0.25) is 10.0 Å². The van der Waals surface area contributed by atoms with Crippen molar-refractivity contribution in [2.45, 2.75) is 6.54 Å². The van der Waals surface area contributed by atoms with E-state index in [-0.39, 0.29) is 0 Å². The summed E-state index contributed by atoms with van der Waals surface area (Å²) in [6.45, 7) is 0.562. The molecule has 30 heavy (non-hydrogen) atoms. The predicted octanol–water partition coefficient (Wildman–Crippen LogP) is 6.31. The van der Waals surface area contributed by atoms with Crippen LogP contribution in [0.1, 0.15) is 15.9 Å². The number of carbonyl (C=O) groups excluding carboxylic acids is 1. The highest BCUT2D eigenvalue weighted by molar-refractivity contribution is 6.39. The Balaban J connectivity index is 1.85. The molecule has 6 heteroatoms. The number of rotatable bonds is 4. The third kappa shape index (κ3) is 2.96. The van der Waals surface area contributed by atoms with E-state index in [1.807, 2.05) is 36.4 Å². The minimum absolute atomic E-state index is 0.461. The summed E-state index contributed by atoms with van der Waals surface area (Å²) in [6.07, 6.45) is 3.34. The number of furan rings is 1. The van der Waals surface area contributed by atoms with Gasteiger partial charge in [-0.2, -0.15) is 0 Å². The van der Waals surface area contributed by atoms with Crippen LogP contribution in [0.4, 0.5) is 0 Å². The summed E-state index contributed by atoms with van der Waals surface area (Å²) in [7, 11) is 0. The molecule has 3 aromatic carbocycles. The van der Waals surface area contributed by atoms with Gasteiger partial charge in [-0.1, -0.05) is 35.3 Å². The van der Waals surface area contributed by atoms with Gasteiger partial charge in [-0.15, -0.1) is 0 Å². The van der Waals surface area contributed by atoms with Crippen molar-refractivity contribution in [3.8, 4) is 11.1 Å². The summed E-state index contributed by atoms with van der Waals surface area (Å²) < 4.78 is 7.36. The molecule has 5 aromatic rings. The quantitative estimate of drug-likeness (QED) is 0.360. The molecule has 0 fully saturated rings. The zero-order chi connectivity index (χ0) is 20.8. The van der Waals surface area contributed by atoms with E-state index in [0.717, 1.165) is 38.5 Å². The number of primary amides is 1. The highest BCUT2D eigenvalue weighted by Gasteiger charge is 2.18. The van der Waals surface area contributed by atoms with Crippen molar-refractivity contribution in [1.82, 2.24) is 4.57 Å². The van der Waals surface area contributed by atoms with Crippen LogP contribution in [-0.4, -0.2) is 10.5 Å². The first-order valence-electron chi connectivity index (χ1n) is 9.26. The Morgan fingerprint density at radius 2 is 1.83 bits per heavy atom. The summed E-state index contributed by atoms with van der Waals surface area (Å²) in [5.41, 5.74) is 10.5. The number of nitrogens with zero attached hydrogens (tertiary/aromatic N) is 1. The maximum Gasteiger partial charge on any atom is 0.249 e. The van der Waals surface area contributed by atoms with Crippen molar-refractivity contribution in [2.75, 3.05) is 0 Å². The SMILES string of the molecule is NC(=O)c1cccc2c1c1[c]cc(-c3c(Cl)cccc3Cl)cc1n2Cc1ccoc1. The highest BCUT2D eigenvalue weighted by atomic mass is 35.5. The molecule has 0 atom stereocenters. The largest absolute Gasteiger partial charge is 0.472 e. The van der Waals surface area contributed by atoms with Crippen molar-refractivity contribution in [3.05, 3.63) is 94.4 Å². The third-order valence-corrected chi connectivity index (χ3v) is 5.86. The van der Waals surface area contributed by atoms with Gasteiger partial charge in [0.05, 0.1) is 30.1 Å². The molecule has 0 aliphatic rings. The lowest BCUT2D eigenvalue weighted by molar-refractivity contribution is 0.100. The Hall–Kier alpha value is -3.21. The highest BCUT2D eigenvalue weighted by Crippen LogP contribution is 2.39. The van der Waals surface area contributed by atoms with Gasteiger partial charge in [0.25, 0.3) is 0 Å². The number of carbonyl (C=O) groups is 1. The van der Waals surface area contributed by atoms with E-state index in [4.69, 9.17) is 33.4 Å². The van der Waals surface area contributed by atoms with Crippen LogP contribution in [0.5, 0.6) is 0 Å². The zero-order valence-electron chi connectivity index (χ0n) is 15.7. The van der Waals surface area contributed by atoms with Crippen molar-refractivity contribution in [2.24, 2.45) is 5.73 Å². The van der Waals surface area contributed by atoms with Gasteiger partial charge in [0, 0.05) is 37.5 Å². The second kappa shape index (κ2) is 7.24. The molecule has 0 unspecified atom stereocenters. The van der Waals surface area contributed by atoms with Gasteiger partial charge < -0.3 is 14.7 Å². The van der Waals surface area contributed by atoms with Crippen LogP contribution < -0.4 is 5.73 Å². The Morgan fingerprint density at radius 3 is 2.53 bits per heavy atom. The fourth-order valence-electron chi connectivity index (χ4n) is 3.91. The Labute approximate surface area is 182 Å². The minimum atomic E-state index is -0.477. The molecule has 0 bridgehead atoms. The molecule has 0 aliphatic heterocycles. The molecule has 4 nitrogen and oxygen atoms in total. The van der Waals surface area contributed by atoms with E-state index in [1.54, 1.807) is 30.7 Å². The van der Waals surface area contributed by atoms with Gasteiger partial charge >= 0.3 is 0 Å². The Bertz CT molecular complexity index is 1400. The first-order chi connectivity index (χ1) is 14.5. The number of hydrogen-bond donors (Lipinski definition) is 1. The Morgan fingerprint density at radius 1 is 1.07 bits per heavy atom. The van der Waals surface area contributed by atoms with E-state index >= 15 is 0 Å². The van der Waals surface area contributed by atoms with E-state index in [0.29, 0.717) is 22.2 Å². The normalized spacial score (nSPS) is 11.4. The number of fused-ring (bicyclic) bond motifs is 3. The average Bonchev–Trinajstić information content (AvgIpc) is 3.35. The van der Waals surface area contributed by atoms with Crippen molar-refractivity contribution in [1.29, 1.82) is 0 Å². The van der Waals surface area contributed by atoms with Gasteiger partial charge in [-0.3, -0.25) is 4.79 Å². The minimum Gasteiger partial charge on any atom is -0.472 e.